The topological polar surface area (TPSA) is 0 Å². The fourth-order valence-electron chi connectivity index (χ4n) is 0.773. The van der Waals surface area contributed by atoms with E-state index in [1.807, 2.05) is 19.1 Å². The molecule has 0 rings (SSSR count). The first-order chi connectivity index (χ1) is 6.43. The molecule has 0 aromatic carbocycles. The monoisotopic (exact) mass is 188 g/mol. The van der Waals surface area contributed by atoms with Gasteiger partial charge in [-0.05, 0) is 38.8 Å². The van der Waals surface area contributed by atoms with E-state index in [0.29, 0.717) is 0 Å². The van der Waals surface area contributed by atoms with E-state index >= 15 is 0 Å². The molecule has 0 aliphatic carbocycles. The van der Waals surface area contributed by atoms with E-state index in [9.17, 15) is 0 Å². The fourth-order valence-corrected chi connectivity index (χ4v) is 0.773. The average Bonchev–Trinajstić information content (AvgIpc) is 2.09. The highest BCUT2D eigenvalue weighted by molar-refractivity contribution is 5.40. The van der Waals surface area contributed by atoms with Crippen LogP contribution < -0.4 is 0 Å². The molecule has 0 amide bonds. The number of allylic oxidation sites excluding steroid dienone is 8. The van der Waals surface area contributed by atoms with Gasteiger partial charge >= 0.3 is 0 Å². The maximum atomic E-state index is 3.98. The van der Waals surface area contributed by atoms with Crippen molar-refractivity contribution >= 4 is 0 Å². The molecule has 0 saturated carbocycles. The Bertz CT molecular complexity index is 305. The van der Waals surface area contributed by atoms with Gasteiger partial charge in [-0.25, -0.2) is 0 Å². The largest absolute Gasteiger partial charge is 0.0961 e. The Labute approximate surface area is 88.0 Å². The molecule has 0 radical (unpaired) electrons. The van der Waals surface area contributed by atoms with Gasteiger partial charge in [-0.2, -0.15) is 0 Å². The molecule has 0 nitrogen and oxygen atoms in total. The van der Waals surface area contributed by atoms with Crippen LogP contribution in [-0.4, -0.2) is 0 Å². The van der Waals surface area contributed by atoms with Gasteiger partial charge in [0.15, 0.2) is 0 Å². The highest BCUT2D eigenvalue weighted by Gasteiger charge is 1.89. The summed E-state index contributed by atoms with van der Waals surface area (Å²) in [5.41, 5.74) is 4.55. The van der Waals surface area contributed by atoms with Crippen LogP contribution in [0, 0.1) is 0 Å². The normalized spacial score (nSPS) is 11.6. The lowest BCUT2D eigenvalue weighted by molar-refractivity contribution is 1.37. The summed E-state index contributed by atoms with van der Waals surface area (Å²) in [6, 6.07) is 0. The van der Waals surface area contributed by atoms with Crippen LogP contribution in [0.5, 0.6) is 0 Å². The van der Waals surface area contributed by atoms with Gasteiger partial charge in [0.05, 0.1) is 0 Å². The molecule has 76 valence electrons. The first-order valence-electron chi connectivity index (χ1n) is 4.78. The second-order valence-electron chi connectivity index (χ2n) is 3.80. The molecule has 0 saturated heterocycles. The molecule has 0 heteroatoms. The van der Waals surface area contributed by atoms with Crippen molar-refractivity contribution in [1.82, 2.24) is 0 Å². The SMILES string of the molecule is C=C(C)/C=C\C(=C)/C(C)=C/C=C(C)C. The summed E-state index contributed by atoms with van der Waals surface area (Å²) in [6.07, 6.45) is 8.14. The second-order valence-corrected chi connectivity index (χ2v) is 3.80. The van der Waals surface area contributed by atoms with Crippen molar-refractivity contribution in [2.75, 3.05) is 0 Å². The Kier molecular flexibility index (Phi) is 5.62. The molecule has 0 aromatic heterocycles. The van der Waals surface area contributed by atoms with E-state index in [1.54, 1.807) is 0 Å². The van der Waals surface area contributed by atoms with E-state index in [1.165, 1.54) is 11.1 Å². The summed E-state index contributed by atoms with van der Waals surface area (Å²) in [5.74, 6) is 0. The maximum Gasteiger partial charge on any atom is -0.0299 e. The van der Waals surface area contributed by atoms with E-state index in [4.69, 9.17) is 0 Å². The molecule has 0 unspecified atom stereocenters. The predicted octanol–water partition coefficient (Wildman–Crippen LogP) is 4.59. The van der Waals surface area contributed by atoms with E-state index in [-0.39, 0.29) is 0 Å². The predicted molar refractivity (Wildman–Crippen MR) is 66.3 cm³/mol. The minimum Gasteiger partial charge on any atom is -0.0961 e. The highest BCUT2D eigenvalue weighted by Crippen LogP contribution is 2.10. The smallest absolute Gasteiger partial charge is 0.0299 e. The first kappa shape index (κ1) is 12.7. The lowest BCUT2D eigenvalue weighted by atomic mass is 10.1. The van der Waals surface area contributed by atoms with Gasteiger partial charge in [0.2, 0.25) is 0 Å². The van der Waals surface area contributed by atoms with Crippen molar-refractivity contribution in [3.63, 3.8) is 0 Å². The summed E-state index contributed by atoms with van der Waals surface area (Å²) in [6.45, 7) is 16.0. The molecule has 0 atom stereocenters. The standard InChI is InChI=1S/C14H20/c1-11(2)7-9-13(5)14(6)10-8-12(3)4/h7-10H,1,5H2,2-4,6H3/b9-7-,14-10+. The second kappa shape index (κ2) is 6.20. The number of rotatable bonds is 4. The molecule has 0 N–H and O–H groups in total. The van der Waals surface area contributed by atoms with Crippen LogP contribution >= 0.6 is 0 Å². The molecule has 0 bridgehead atoms. The van der Waals surface area contributed by atoms with E-state index < -0.39 is 0 Å². The third-order valence-corrected chi connectivity index (χ3v) is 1.74. The summed E-state index contributed by atoms with van der Waals surface area (Å²) in [7, 11) is 0. The van der Waals surface area contributed by atoms with Gasteiger partial charge in [-0.15, -0.1) is 0 Å². The minimum absolute atomic E-state index is 1.03. The van der Waals surface area contributed by atoms with Crippen LogP contribution in [0.2, 0.25) is 0 Å². The highest BCUT2D eigenvalue weighted by atomic mass is 14.0. The van der Waals surface area contributed by atoms with E-state index in [2.05, 4.69) is 46.1 Å². The maximum absolute atomic E-state index is 3.98. The first-order valence-corrected chi connectivity index (χ1v) is 4.78. The Morgan fingerprint density at radius 3 is 1.86 bits per heavy atom. The van der Waals surface area contributed by atoms with Crippen molar-refractivity contribution in [3.05, 3.63) is 59.8 Å². The van der Waals surface area contributed by atoms with Crippen molar-refractivity contribution in [2.24, 2.45) is 0 Å². The van der Waals surface area contributed by atoms with Crippen LogP contribution in [0.4, 0.5) is 0 Å². The molecule has 0 fully saturated rings. The Hall–Kier alpha value is -1.30. The van der Waals surface area contributed by atoms with Crippen molar-refractivity contribution in [1.29, 1.82) is 0 Å². The quantitative estimate of drug-likeness (QED) is 0.566. The van der Waals surface area contributed by atoms with Gasteiger partial charge in [-0.1, -0.05) is 48.6 Å². The number of hydrogen-bond acceptors (Lipinski definition) is 0. The van der Waals surface area contributed by atoms with Gasteiger partial charge in [0.1, 0.15) is 0 Å². The molecule has 0 heterocycles. The summed E-state index contributed by atoms with van der Waals surface area (Å²) >= 11 is 0. The molecule has 14 heavy (non-hydrogen) atoms. The minimum atomic E-state index is 1.03. The number of hydrogen-bond donors (Lipinski definition) is 0. The molecule has 0 aliphatic heterocycles. The molecular formula is C14H20. The summed E-state index contributed by atoms with van der Waals surface area (Å²) in [4.78, 5) is 0. The Balaban J connectivity index is 4.48. The summed E-state index contributed by atoms with van der Waals surface area (Å²) < 4.78 is 0. The third-order valence-electron chi connectivity index (χ3n) is 1.74. The molecule has 0 spiro atoms. The van der Waals surface area contributed by atoms with Crippen LogP contribution in [0.25, 0.3) is 0 Å². The molecular weight excluding hydrogens is 168 g/mol. The lowest BCUT2D eigenvalue weighted by Gasteiger charge is -1.98. The Morgan fingerprint density at radius 1 is 0.857 bits per heavy atom. The van der Waals surface area contributed by atoms with Crippen LogP contribution in [0.3, 0.4) is 0 Å². The van der Waals surface area contributed by atoms with Crippen LogP contribution in [0.15, 0.2) is 59.8 Å². The van der Waals surface area contributed by atoms with Gasteiger partial charge in [0.25, 0.3) is 0 Å². The van der Waals surface area contributed by atoms with Crippen molar-refractivity contribution < 1.29 is 0 Å². The Morgan fingerprint density at radius 2 is 1.43 bits per heavy atom. The third kappa shape index (κ3) is 6.24. The van der Waals surface area contributed by atoms with Crippen LogP contribution in [0.1, 0.15) is 27.7 Å². The van der Waals surface area contributed by atoms with Crippen LogP contribution in [-0.2, 0) is 0 Å². The fraction of sp³-hybridized carbons (Fsp3) is 0.286. The zero-order chi connectivity index (χ0) is 11.1. The average molecular weight is 188 g/mol. The zero-order valence-electron chi connectivity index (χ0n) is 9.72. The lowest BCUT2D eigenvalue weighted by Crippen LogP contribution is -1.78. The molecule has 0 aliphatic rings. The van der Waals surface area contributed by atoms with Gasteiger partial charge in [-0.3, -0.25) is 0 Å². The van der Waals surface area contributed by atoms with E-state index in [0.717, 1.165) is 11.1 Å². The van der Waals surface area contributed by atoms with Gasteiger partial charge in [0, 0.05) is 0 Å². The summed E-state index contributed by atoms with van der Waals surface area (Å²) in [5, 5.41) is 0. The van der Waals surface area contributed by atoms with Gasteiger partial charge < -0.3 is 0 Å². The molecule has 0 aromatic rings. The van der Waals surface area contributed by atoms with Crippen molar-refractivity contribution in [3.8, 4) is 0 Å². The zero-order valence-corrected chi connectivity index (χ0v) is 9.72. The van der Waals surface area contributed by atoms with Crippen molar-refractivity contribution in [2.45, 2.75) is 27.7 Å².